The van der Waals surface area contributed by atoms with Crippen molar-refractivity contribution in [2.75, 3.05) is 12.9 Å². The summed E-state index contributed by atoms with van der Waals surface area (Å²) in [7, 11) is 1.56. The molecule has 1 aromatic heterocycles. The third-order valence-electron chi connectivity index (χ3n) is 4.66. The van der Waals surface area contributed by atoms with Gasteiger partial charge < -0.3 is 4.74 Å². The second-order valence-corrected chi connectivity index (χ2v) is 7.83. The number of methoxy groups -OCH3 is 1. The number of aromatic nitrogens is 2. The first-order valence-corrected chi connectivity index (χ1v) is 10.9. The SMILES string of the molecule is COc1ccc(-n2c(SCC(=O)N/N=C/c3cccc(F)c3)nc3ccccc3c2=O)cc1. The summed E-state index contributed by atoms with van der Waals surface area (Å²) in [5.74, 6) is -0.150. The van der Waals surface area contributed by atoms with Gasteiger partial charge in [0.2, 0.25) is 0 Å². The Morgan fingerprint density at radius 1 is 1.15 bits per heavy atom. The van der Waals surface area contributed by atoms with E-state index in [4.69, 9.17) is 4.74 Å². The number of thioether (sulfide) groups is 1. The number of para-hydroxylation sites is 1. The van der Waals surface area contributed by atoms with Crippen LogP contribution in [-0.2, 0) is 4.79 Å². The van der Waals surface area contributed by atoms with Gasteiger partial charge in [0.25, 0.3) is 11.5 Å². The molecule has 0 aliphatic rings. The fraction of sp³-hybridized carbons (Fsp3) is 0.0833. The van der Waals surface area contributed by atoms with E-state index in [-0.39, 0.29) is 17.1 Å². The van der Waals surface area contributed by atoms with Gasteiger partial charge in [-0.3, -0.25) is 14.2 Å². The van der Waals surface area contributed by atoms with Crippen LogP contribution in [0, 0.1) is 5.82 Å². The molecule has 0 radical (unpaired) electrons. The molecule has 0 bridgehead atoms. The summed E-state index contributed by atoms with van der Waals surface area (Å²) >= 11 is 1.11. The van der Waals surface area contributed by atoms with E-state index in [1.165, 1.54) is 22.9 Å². The maximum Gasteiger partial charge on any atom is 0.266 e. The first-order valence-electron chi connectivity index (χ1n) is 9.91. The lowest BCUT2D eigenvalue weighted by Gasteiger charge is -2.13. The highest BCUT2D eigenvalue weighted by Crippen LogP contribution is 2.22. The van der Waals surface area contributed by atoms with Gasteiger partial charge in [0.15, 0.2) is 5.16 Å². The van der Waals surface area contributed by atoms with E-state index >= 15 is 0 Å². The van der Waals surface area contributed by atoms with Gasteiger partial charge in [-0.05, 0) is 54.1 Å². The van der Waals surface area contributed by atoms with Gasteiger partial charge in [0.05, 0.1) is 35.7 Å². The van der Waals surface area contributed by atoms with Crippen LogP contribution in [0.1, 0.15) is 5.56 Å². The topological polar surface area (TPSA) is 85.6 Å². The smallest absolute Gasteiger partial charge is 0.266 e. The van der Waals surface area contributed by atoms with E-state index in [1.54, 1.807) is 67.8 Å². The summed E-state index contributed by atoms with van der Waals surface area (Å²) in [4.78, 5) is 30.1. The maximum absolute atomic E-state index is 13.2. The number of halogens is 1. The Morgan fingerprint density at radius 3 is 2.70 bits per heavy atom. The highest BCUT2D eigenvalue weighted by atomic mass is 32.2. The number of carbonyl (C=O) groups is 1. The van der Waals surface area contributed by atoms with Crippen LogP contribution in [0.25, 0.3) is 16.6 Å². The molecule has 0 fully saturated rings. The number of benzene rings is 3. The van der Waals surface area contributed by atoms with Crippen molar-refractivity contribution in [1.82, 2.24) is 15.0 Å². The minimum atomic E-state index is -0.392. The predicted octanol–water partition coefficient (Wildman–Crippen LogP) is 3.78. The number of hydrogen-bond donors (Lipinski definition) is 1. The van der Waals surface area contributed by atoms with Crippen molar-refractivity contribution in [1.29, 1.82) is 0 Å². The lowest BCUT2D eigenvalue weighted by atomic mass is 10.2. The Bertz CT molecular complexity index is 1390. The van der Waals surface area contributed by atoms with Crippen molar-refractivity contribution in [3.8, 4) is 11.4 Å². The molecule has 7 nitrogen and oxygen atoms in total. The summed E-state index contributed by atoms with van der Waals surface area (Å²) in [6.45, 7) is 0. The van der Waals surface area contributed by atoms with Gasteiger partial charge in [0, 0.05) is 0 Å². The van der Waals surface area contributed by atoms with E-state index in [0.29, 0.717) is 33.1 Å². The summed E-state index contributed by atoms with van der Waals surface area (Å²) in [6, 6.07) is 19.9. The molecule has 166 valence electrons. The van der Waals surface area contributed by atoms with Crippen LogP contribution in [-0.4, -0.2) is 34.5 Å². The Hall–Kier alpha value is -3.98. The van der Waals surface area contributed by atoms with E-state index in [2.05, 4.69) is 15.5 Å². The fourth-order valence-electron chi connectivity index (χ4n) is 3.10. The molecule has 33 heavy (non-hydrogen) atoms. The first-order chi connectivity index (χ1) is 16.0. The minimum absolute atomic E-state index is 0.0264. The lowest BCUT2D eigenvalue weighted by molar-refractivity contribution is -0.118. The minimum Gasteiger partial charge on any atom is -0.497 e. The molecule has 1 heterocycles. The molecular formula is C24H19FN4O3S. The number of nitrogens with one attached hydrogen (secondary N) is 1. The van der Waals surface area contributed by atoms with Gasteiger partial charge in [-0.1, -0.05) is 36.0 Å². The molecule has 0 aliphatic heterocycles. The molecule has 3 aromatic carbocycles. The van der Waals surface area contributed by atoms with Crippen molar-refractivity contribution in [3.05, 3.63) is 94.5 Å². The summed E-state index contributed by atoms with van der Waals surface area (Å²) in [5.41, 5.74) is 3.83. The van der Waals surface area contributed by atoms with Crippen LogP contribution in [0.2, 0.25) is 0 Å². The van der Waals surface area contributed by atoms with E-state index in [1.807, 2.05) is 0 Å². The fourth-order valence-corrected chi connectivity index (χ4v) is 3.90. The average molecular weight is 463 g/mol. The molecule has 0 unspecified atom stereocenters. The Kier molecular flexibility index (Phi) is 6.80. The third-order valence-corrected chi connectivity index (χ3v) is 5.60. The number of fused-ring (bicyclic) bond motifs is 1. The predicted molar refractivity (Wildman–Crippen MR) is 127 cm³/mol. The first kappa shape index (κ1) is 22.2. The van der Waals surface area contributed by atoms with Gasteiger partial charge in [-0.2, -0.15) is 5.10 Å². The second-order valence-electron chi connectivity index (χ2n) is 6.89. The van der Waals surface area contributed by atoms with Crippen LogP contribution in [0.3, 0.4) is 0 Å². The molecule has 0 aliphatic carbocycles. The Labute approximate surface area is 192 Å². The molecule has 4 rings (SSSR count). The van der Waals surface area contributed by atoms with Crippen molar-refractivity contribution in [2.24, 2.45) is 5.10 Å². The van der Waals surface area contributed by atoms with E-state index in [9.17, 15) is 14.0 Å². The zero-order valence-electron chi connectivity index (χ0n) is 17.6. The number of nitrogens with zero attached hydrogens (tertiary/aromatic N) is 3. The zero-order chi connectivity index (χ0) is 23.2. The van der Waals surface area contributed by atoms with Crippen LogP contribution >= 0.6 is 11.8 Å². The summed E-state index contributed by atoms with van der Waals surface area (Å²) < 4.78 is 19.9. The summed E-state index contributed by atoms with van der Waals surface area (Å²) in [6.07, 6.45) is 1.35. The monoisotopic (exact) mass is 462 g/mol. The molecule has 9 heteroatoms. The molecule has 1 N–H and O–H groups in total. The quantitative estimate of drug-likeness (QED) is 0.196. The van der Waals surface area contributed by atoms with Gasteiger partial charge in [-0.15, -0.1) is 0 Å². The van der Waals surface area contributed by atoms with Gasteiger partial charge in [0.1, 0.15) is 11.6 Å². The molecule has 0 atom stereocenters. The molecule has 0 saturated carbocycles. The van der Waals surface area contributed by atoms with E-state index < -0.39 is 5.91 Å². The number of carbonyl (C=O) groups excluding carboxylic acids is 1. The van der Waals surface area contributed by atoms with Crippen LogP contribution in [0.4, 0.5) is 4.39 Å². The summed E-state index contributed by atoms with van der Waals surface area (Å²) in [5, 5.41) is 4.70. The molecular weight excluding hydrogens is 443 g/mol. The maximum atomic E-state index is 13.2. The average Bonchev–Trinajstić information content (AvgIpc) is 2.83. The van der Waals surface area contributed by atoms with Gasteiger partial charge >= 0.3 is 0 Å². The highest BCUT2D eigenvalue weighted by Gasteiger charge is 2.15. The van der Waals surface area contributed by atoms with Crippen molar-refractivity contribution < 1.29 is 13.9 Å². The molecule has 4 aromatic rings. The van der Waals surface area contributed by atoms with E-state index in [0.717, 1.165) is 11.8 Å². The van der Waals surface area contributed by atoms with Crippen LogP contribution < -0.4 is 15.7 Å². The van der Waals surface area contributed by atoms with Crippen molar-refractivity contribution in [3.63, 3.8) is 0 Å². The zero-order valence-corrected chi connectivity index (χ0v) is 18.4. The third kappa shape index (κ3) is 5.27. The normalized spacial score (nSPS) is 11.1. The molecule has 0 saturated heterocycles. The van der Waals surface area contributed by atoms with Crippen LogP contribution in [0.5, 0.6) is 5.75 Å². The molecule has 1 amide bonds. The lowest BCUT2D eigenvalue weighted by Crippen LogP contribution is -2.24. The standard InChI is InChI=1S/C24H19FN4O3S/c1-32-19-11-9-18(10-12-19)29-23(31)20-7-2-3-8-21(20)27-24(29)33-15-22(30)28-26-14-16-5-4-6-17(25)13-16/h2-14H,15H2,1H3,(H,28,30)/b26-14+. The number of hydrogen-bond acceptors (Lipinski definition) is 6. The Balaban J connectivity index is 1.57. The van der Waals surface area contributed by atoms with Crippen molar-refractivity contribution >= 4 is 34.8 Å². The van der Waals surface area contributed by atoms with Gasteiger partial charge in [-0.25, -0.2) is 14.8 Å². The highest BCUT2D eigenvalue weighted by molar-refractivity contribution is 7.99. The number of rotatable bonds is 7. The Morgan fingerprint density at radius 2 is 1.94 bits per heavy atom. The van der Waals surface area contributed by atoms with Crippen molar-refractivity contribution in [2.45, 2.75) is 5.16 Å². The second kappa shape index (κ2) is 10.1. The number of amides is 1. The number of hydrazone groups is 1. The largest absolute Gasteiger partial charge is 0.497 e. The van der Waals surface area contributed by atoms with Crippen LogP contribution in [0.15, 0.2) is 87.8 Å². The number of ether oxygens (including phenoxy) is 1. The molecule has 0 spiro atoms.